The van der Waals surface area contributed by atoms with E-state index in [9.17, 15) is 14.4 Å². The Labute approximate surface area is 174 Å². The molecular formula is C22H23N5O3. The third-order valence-corrected chi connectivity index (χ3v) is 4.72. The van der Waals surface area contributed by atoms with E-state index < -0.39 is 5.91 Å². The maximum Gasteiger partial charge on any atom is 0.261 e. The van der Waals surface area contributed by atoms with Crippen LogP contribution in [0.3, 0.4) is 0 Å². The molecule has 1 aliphatic heterocycles. The number of aromatic nitrogens is 2. The van der Waals surface area contributed by atoms with Crippen LogP contribution in [-0.4, -0.2) is 52.6 Å². The maximum absolute atomic E-state index is 12.6. The first-order valence-electron chi connectivity index (χ1n) is 9.61. The predicted molar refractivity (Wildman–Crippen MR) is 115 cm³/mol. The number of rotatable bonds is 6. The van der Waals surface area contributed by atoms with Gasteiger partial charge in [-0.25, -0.2) is 0 Å². The number of nitrogens with one attached hydrogen (secondary N) is 1. The summed E-state index contributed by atoms with van der Waals surface area (Å²) in [6.07, 6.45) is 3.56. The van der Waals surface area contributed by atoms with Gasteiger partial charge in [-0.1, -0.05) is 12.1 Å². The van der Waals surface area contributed by atoms with E-state index in [1.807, 2.05) is 26.8 Å². The maximum atomic E-state index is 12.6. The first kappa shape index (κ1) is 21.0. The van der Waals surface area contributed by atoms with Crippen LogP contribution >= 0.6 is 0 Å². The van der Waals surface area contributed by atoms with Crippen molar-refractivity contribution >= 4 is 35.3 Å². The average Bonchev–Trinajstić information content (AvgIpc) is 2.93. The van der Waals surface area contributed by atoms with Crippen molar-refractivity contribution in [2.24, 2.45) is 4.99 Å². The lowest BCUT2D eigenvalue weighted by molar-refractivity contribution is -0.115. The normalized spacial score (nSPS) is 13.9. The van der Waals surface area contributed by atoms with Gasteiger partial charge in [0.1, 0.15) is 0 Å². The molecule has 0 saturated carbocycles. The average molecular weight is 405 g/mol. The van der Waals surface area contributed by atoms with Gasteiger partial charge in [0.25, 0.3) is 11.8 Å². The van der Waals surface area contributed by atoms with Crippen LogP contribution in [0.25, 0.3) is 5.57 Å². The molecule has 0 saturated heterocycles. The molecule has 0 spiro atoms. The highest BCUT2D eigenvalue weighted by Crippen LogP contribution is 2.27. The fraction of sp³-hybridized carbons (Fsp3) is 0.273. The van der Waals surface area contributed by atoms with Crippen molar-refractivity contribution in [3.63, 3.8) is 0 Å². The number of imide groups is 1. The van der Waals surface area contributed by atoms with Gasteiger partial charge in [-0.3, -0.25) is 24.3 Å². The van der Waals surface area contributed by atoms with E-state index >= 15 is 0 Å². The van der Waals surface area contributed by atoms with Gasteiger partial charge >= 0.3 is 0 Å². The quantitative estimate of drug-likeness (QED) is 0.588. The van der Waals surface area contributed by atoms with Gasteiger partial charge in [-0.15, -0.1) is 10.2 Å². The lowest BCUT2D eigenvalue weighted by Crippen LogP contribution is -2.25. The van der Waals surface area contributed by atoms with Gasteiger partial charge < -0.3 is 5.32 Å². The molecule has 2 heterocycles. The van der Waals surface area contributed by atoms with Crippen molar-refractivity contribution in [1.82, 2.24) is 15.1 Å². The molecule has 1 N–H and O–H groups in total. The highest BCUT2D eigenvalue weighted by molar-refractivity contribution is 6.22. The summed E-state index contributed by atoms with van der Waals surface area (Å²) in [5, 5.41) is 10.9. The highest BCUT2D eigenvalue weighted by Gasteiger charge is 2.35. The van der Waals surface area contributed by atoms with E-state index in [0.29, 0.717) is 29.2 Å². The molecule has 8 nitrogen and oxygen atoms in total. The second-order valence-corrected chi connectivity index (χ2v) is 6.92. The van der Waals surface area contributed by atoms with Gasteiger partial charge in [0.15, 0.2) is 5.82 Å². The number of amides is 3. The summed E-state index contributed by atoms with van der Waals surface area (Å²) in [6, 6.07) is 6.84. The third-order valence-electron chi connectivity index (χ3n) is 4.72. The number of carbonyl (C=O) groups excluding carboxylic acids is 3. The Morgan fingerprint density at radius 2 is 1.97 bits per heavy atom. The molecule has 0 fully saturated rings. The first-order chi connectivity index (χ1) is 14.3. The molecule has 3 rings (SSSR count). The number of carbonyl (C=O) groups is 3. The molecule has 3 amide bonds. The summed E-state index contributed by atoms with van der Waals surface area (Å²) in [4.78, 5) is 42.5. The Morgan fingerprint density at radius 1 is 1.20 bits per heavy atom. The second-order valence-electron chi connectivity index (χ2n) is 6.92. The first-order valence-corrected chi connectivity index (χ1v) is 9.61. The number of hydrogen-bond donors (Lipinski definition) is 1. The van der Waals surface area contributed by atoms with Crippen molar-refractivity contribution < 1.29 is 14.4 Å². The van der Waals surface area contributed by atoms with Crippen molar-refractivity contribution in [3.8, 4) is 0 Å². The summed E-state index contributed by atoms with van der Waals surface area (Å²) in [5.74, 6) is -0.795. The zero-order valence-electron chi connectivity index (χ0n) is 17.4. The Bertz CT molecular complexity index is 1070. The van der Waals surface area contributed by atoms with Gasteiger partial charge in [0.2, 0.25) is 5.91 Å². The molecule has 30 heavy (non-hydrogen) atoms. The van der Waals surface area contributed by atoms with Crippen molar-refractivity contribution in [2.45, 2.75) is 27.2 Å². The SMILES string of the molecule is C/C=C(\C=NCC)c1ccc(NC(=O)Cc2cc(C)cc3c2C(=O)N(C)C3=O)nn1. The summed E-state index contributed by atoms with van der Waals surface area (Å²) < 4.78 is 0. The highest BCUT2D eigenvalue weighted by atomic mass is 16.2. The number of allylic oxidation sites excluding steroid dienone is 2. The van der Waals surface area contributed by atoms with Crippen LogP contribution in [-0.2, 0) is 11.2 Å². The minimum Gasteiger partial charge on any atom is -0.309 e. The van der Waals surface area contributed by atoms with Crippen LogP contribution in [0.1, 0.15) is 51.4 Å². The summed E-state index contributed by atoms with van der Waals surface area (Å²) in [5.41, 5.74) is 3.44. The minimum atomic E-state index is -0.394. The minimum absolute atomic E-state index is 0.0520. The zero-order valence-corrected chi connectivity index (χ0v) is 17.4. The molecule has 0 aliphatic carbocycles. The molecule has 154 valence electrons. The number of hydrogen-bond acceptors (Lipinski definition) is 6. The third kappa shape index (κ3) is 4.17. The Morgan fingerprint density at radius 3 is 2.60 bits per heavy atom. The smallest absolute Gasteiger partial charge is 0.261 e. The van der Waals surface area contributed by atoms with E-state index in [1.165, 1.54) is 7.05 Å². The standard InChI is InChI=1S/C22H23N5O3/c1-5-14(12-23-6-2)17-7-8-18(26-25-17)24-19(28)11-15-9-13(3)10-16-20(15)22(30)27(4)21(16)29/h5,7-10,12H,6,11H2,1-4H3,(H,24,26,28)/b14-5+,23-12?. The van der Waals surface area contributed by atoms with E-state index in [4.69, 9.17) is 0 Å². The van der Waals surface area contributed by atoms with E-state index in [-0.39, 0.29) is 23.8 Å². The molecule has 8 heteroatoms. The van der Waals surface area contributed by atoms with Crippen molar-refractivity contribution in [1.29, 1.82) is 0 Å². The van der Waals surface area contributed by atoms with Crippen molar-refractivity contribution in [2.75, 3.05) is 18.9 Å². The zero-order chi connectivity index (χ0) is 21.8. The fourth-order valence-corrected chi connectivity index (χ4v) is 3.25. The van der Waals surface area contributed by atoms with Crippen LogP contribution in [0, 0.1) is 6.92 Å². The number of fused-ring (bicyclic) bond motifs is 1. The number of aliphatic imine (C=N–C) groups is 1. The van der Waals surface area contributed by atoms with E-state index in [1.54, 1.807) is 30.5 Å². The molecule has 1 aromatic heterocycles. The molecular weight excluding hydrogens is 382 g/mol. The molecule has 0 unspecified atom stereocenters. The number of benzene rings is 1. The molecule has 0 atom stereocenters. The Balaban J connectivity index is 1.76. The lowest BCUT2D eigenvalue weighted by Gasteiger charge is -2.09. The summed E-state index contributed by atoms with van der Waals surface area (Å²) in [7, 11) is 1.44. The van der Waals surface area contributed by atoms with Crippen molar-refractivity contribution in [3.05, 3.63) is 58.3 Å². The largest absolute Gasteiger partial charge is 0.309 e. The summed E-state index contributed by atoms with van der Waals surface area (Å²) in [6.45, 7) is 6.32. The second kappa shape index (κ2) is 8.77. The predicted octanol–water partition coefficient (Wildman–Crippen LogP) is 2.69. The summed E-state index contributed by atoms with van der Waals surface area (Å²) >= 11 is 0. The molecule has 0 radical (unpaired) electrons. The number of nitrogens with zero attached hydrogens (tertiary/aromatic N) is 4. The molecule has 0 bridgehead atoms. The van der Waals surface area contributed by atoms with Crippen LogP contribution in [0.15, 0.2) is 35.3 Å². The van der Waals surface area contributed by atoms with Gasteiger partial charge in [0.05, 0.1) is 23.2 Å². The van der Waals surface area contributed by atoms with E-state index in [2.05, 4.69) is 20.5 Å². The monoisotopic (exact) mass is 405 g/mol. The Kier molecular flexibility index (Phi) is 6.15. The van der Waals surface area contributed by atoms with Gasteiger partial charge in [-0.2, -0.15) is 0 Å². The van der Waals surface area contributed by atoms with Gasteiger partial charge in [0, 0.05) is 25.4 Å². The fourth-order valence-electron chi connectivity index (χ4n) is 3.25. The molecule has 1 aliphatic rings. The topological polar surface area (TPSA) is 105 Å². The number of aryl methyl sites for hydroxylation is 1. The molecule has 2 aromatic rings. The molecule has 1 aromatic carbocycles. The van der Waals surface area contributed by atoms with Crippen LogP contribution < -0.4 is 5.32 Å². The van der Waals surface area contributed by atoms with Gasteiger partial charge in [-0.05, 0) is 50.1 Å². The number of anilines is 1. The lowest BCUT2D eigenvalue weighted by atomic mass is 9.97. The van der Waals surface area contributed by atoms with Crippen LogP contribution in [0.5, 0.6) is 0 Å². The Hall–Kier alpha value is -3.68. The van der Waals surface area contributed by atoms with Crippen LogP contribution in [0.4, 0.5) is 5.82 Å². The van der Waals surface area contributed by atoms with E-state index in [0.717, 1.165) is 16.0 Å². The van der Waals surface area contributed by atoms with Crippen LogP contribution in [0.2, 0.25) is 0 Å².